The molecule has 24 heavy (non-hydrogen) atoms. The minimum absolute atomic E-state index is 0. The van der Waals surface area contributed by atoms with Gasteiger partial charge in [0.05, 0.1) is 5.92 Å². The number of nitrogens with one attached hydrogen (secondary N) is 1. The van der Waals surface area contributed by atoms with Crippen molar-refractivity contribution in [3.63, 3.8) is 0 Å². The summed E-state index contributed by atoms with van der Waals surface area (Å²) in [5.74, 6) is -0.311. The second-order valence-corrected chi connectivity index (χ2v) is 6.04. The summed E-state index contributed by atoms with van der Waals surface area (Å²) >= 11 is 0. The van der Waals surface area contributed by atoms with Crippen molar-refractivity contribution in [2.75, 3.05) is 6.54 Å². The molecular formula is C20H27ClN2O. The van der Waals surface area contributed by atoms with Gasteiger partial charge in [-0.1, -0.05) is 74.5 Å². The van der Waals surface area contributed by atoms with E-state index in [9.17, 15) is 4.79 Å². The fourth-order valence-electron chi connectivity index (χ4n) is 2.65. The Morgan fingerprint density at radius 3 is 1.75 bits per heavy atom. The molecule has 0 aliphatic rings. The molecule has 130 valence electrons. The molecule has 0 aromatic heterocycles. The van der Waals surface area contributed by atoms with Crippen LogP contribution in [0.5, 0.6) is 0 Å². The molecule has 0 radical (unpaired) electrons. The van der Waals surface area contributed by atoms with Gasteiger partial charge in [0.15, 0.2) is 0 Å². The van der Waals surface area contributed by atoms with Gasteiger partial charge in [0.1, 0.15) is 0 Å². The van der Waals surface area contributed by atoms with Crippen molar-refractivity contribution in [1.82, 2.24) is 5.32 Å². The number of amides is 1. The molecule has 0 spiro atoms. The summed E-state index contributed by atoms with van der Waals surface area (Å²) < 4.78 is 0. The first-order valence-corrected chi connectivity index (χ1v) is 8.26. The lowest BCUT2D eigenvalue weighted by atomic mass is 9.89. The number of carbonyl (C=O) groups is 1. The van der Waals surface area contributed by atoms with Gasteiger partial charge in [-0.25, -0.2) is 0 Å². The first kappa shape index (κ1) is 20.2. The van der Waals surface area contributed by atoms with E-state index in [1.807, 2.05) is 60.7 Å². The summed E-state index contributed by atoms with van der Waals surface area (Å²) in [7, 11) is 0. The van der Waals surface area contributed by atoms with Crippen LogP contribution in [0.4, 0.5) is 0 Å². The second-order valence-electron chi connectivity index (χ2n) is 6.04. The van der Waals surface area contributed by atoms with Crippen LogP contribution in [-0.4, -0.2) is 18.0 Å². The van der Waals surface area contributed by atoms with Crippen LogP contribution >= 0.6 is 12.4 Å². The molecule has 0 heterocycles. The van der Waals surface area contributed by atoms with E-state index < -0.39 is 0 Å². The summed E-state index contributed by atoms with van der Waals surface area (Å²) in [6, 6.07) is 19.7. The maximum atomic E-state index is 12.9. The summed E-state index contributed by atoms with van der Waals surface area (Å²) in [5, 5.41) is 3.06. The van der Waals surface area contributed by atoms with E-state index in [1.165, 1.54) is 0 Å². The molecule has 0 saturated heterocycles. The van der Waals surface area contributed by atoms with E-state index in [0.717, 1.165) is 24.0 Å². The lowest BCUT2D eigenvalue weighted by Crippen LogP contribution is -2.50. The zero-order valence-electron chi connectivity index (χ0n) is 14.4. The highest BCUT2D eigenvalue weighted by atomic mass is 35.5. The second kappa shape index (κ2) is 9.45. The van der Waals surface area contributed by atoms with Crippen LogP contribution in [-0.2, 0) is 4.79 Å². The summed E-state index contributed by atoms with van der Waals surface area (Å²) in [6.45, 7) is 4.61. The Morgan fingerprint density at radius 1 is 0.958 bits per heavy atom. The molecule has 0 unspecified atom stereocenters. The highest BCUT2D eigenvalue weighted by Crippen LogP contribution is 2.25. The van der Waals surface area contributed by atoms with Crippen molar-refractivity contribution in [1.29, 1.82) is 0 Å². The largest absolute Gasteiger partial charge is 0.353 e. The number of nitrogens with two attached hydrogens (primary N) is 1. The van der Waals surface area contributed by atoms with Gasteiger partial charge in [-0.2, -0.15) is 0 Å². The van der Waals surface area contributed by atoms with Crippen molar-refractivity contribution in [2.24, 2.45) is 5.73 Å². The molecular weight excluding hydrogens is 320 g/mol. The summed E-state index contributed by atoms with van der Waals surface area (Å²) in [4.78, 5) is 12.9. The third-order valence-corrected chi connectivity index (χ3v) is 4.55. The fourth-order valence-corrected chi connectivity index (χ4v) is 2.65. The molecule has 0 fully saturated rings. The standard InChI is InChI=1S/C20H26N2O.ClH/c1-3-20(21,4-2)15-22-19(23)18(16-11-7-5-8-12-16)17-13-9-6-10-14-17;/h5-14,18H,3-4,15,21H2,1-2H3,(H,22,23);1H. The predicted molar refractivity (Wildman–Crippen MR) is 102 cm³/mol. The minimum Gasteiger partial charge on any atom is -0.353 e. The molecule has 3 N–H and O–H groups in total. The van der Waals surface area contributed by atoms with Crippen LogP contribution in [0.3, 0.4) is 0 Å². The Labute approximate surface area is 151 Å². The van der Waals surface area contributed by atoms with E-state index >= 15 is 0 Å². The maximum absolute atomic E-state index is 12.9. The number of benzene rings is 2. The Bertz CT molecular complexity index is 573. The average molecular weight is 347 g/mol. The van der Waals surface area contributed by atoms with Crippen molar-refractivity contribution < 1.29 is 4.79 Å². The Balaban J connectivity index is 0.00000288. The molecule has 1 amide bonds. The van der Waals surface area contributed by atoms with Crippen molar-refractivity contribution in [2.45, 2.75) is 38.1 Å². The van der Waals surface area contributed by atoms with Crippen molar-refractivity contribution in [3.8, 4) is 0 Å². The third-order valence-electron chi connectivity index (χ3n) is 4.55. The van der Waals surface area contributed by atoms with Crippen LogP contribution in [0.2, 0.25) is 0 Å². The zero-order chi connectivity index (χ0) is 16.7. The van der Waals surface area contributed by atoms with Gasteiger partial charge in [0.25, 0.3) is 0 Å². The van der Waals surface area contributed by atoms with Gasteiger partial charge >= 0.3 is 0 Å². The topological polar surface area (TPSA) is 55.1 Å². The van der Waals surface area contributed by atoms with E-state index in [-0.39, 0.29) is 29.8 Å². The van der Waals surface area contributed by atoms with Crippen LogP contribution in [0.15, 0.2) is 60.7 Å². The molecule has 0 atom stereocenters. The first-order chi connectivity index (χ1) is 11.1. The Morgan fingerprint density at radius 2 is 1.38 bits per heavy atom. The van der Waals surface area contributed by atoms with E-state index in [2.05, 4.69) is 19.2 Å². The lowest BCUT2D eigenvalue weighted by molar-refractivity contribution is -0.122. The molecule has 2 rings (SSSR count). The van der Waals surface area contributed by atoms with Crippen molar-refractivity contribution >= 4 is 18.3 Å². The SMILES string of the molecule is CCC(N)(CC)CNC(=O)C(c1ccccc1)c1ccccc1.Cl. The highest BCUT2D eigenvalue weighted by molar-refractivity contribution is 5.87. The molecule has 4 heteroatoms. The molecule has 0 aliphatic carbocycles. The molecule has 0 aliphatic heterocycles. The highest BCUT2D eigenvalue weighted by Gasteiger charge is 2.26. The molecule has 0 bridgehead atoms. The Kier molecular flexibility index (Phi) is 7.96. The molecule has 3 nitrogen and oxygen atoms in total. The number of carbonyl (C=O) groups excluding carboxylic acids is 1. The fraction of sp³-hybridized carbons (Fsp3) is 0.350. The smallest absolute Gasteiger partial charge is 0.232 e. The first-order valence-electron chi connectivity index (χ1n) is 8.26. The van der Waals surface area contributed by atoms with Gasteiger partial charge in [-0.05, 0) is 24.0 Å². The van der Waals surface area contributed by atoms with Crippen LogP contribution in [0.1, 0.15) is 43.7 Å². The predicted octanol–water partition coefficient (Wildman–Crippen LogP) is 3.87. The van der Waals surface area contributed by atoms with Gasteiger partial charge in [-0.3, -0.25) is 4.79 Å². The lowest BCUT2D eigenvalue weighted by Gasteiger charge is -2.28. The van der Waals surface area contributed by atoms with Crippen LogP contribution in [0, 0.1) is 0 Å². The van der Waals surface area contributed by atoms with Gasteiger partial charge in [-0.15, -0.1) is 12.4 Å². The molecule has 2 aromatic carbocycles. The quantitative estimate of drug-likeness (QED) is 0.799. The average Bonchev–Trinajstić information content (AvgIpc) is 2.62. The molecule has 0 saturated carbocycles. The van der Waals surface area contributed by atoms with Gasteiger partial charge < -0.3 is 11.1 Å². The van der Waals surface area contributed by atoms with E-state index in [4.69, 9.17) is 5.73 Å². The minimum atomic E-state index is -0.340. The number of rotatable bonds is 7. The normalized spacial score (nSPS) is 11.0. The van der Waals surface area contributed by atoms with Crippen molar-refractivity contribution in [3.05, 3.63) is 71.8 Å². The maximum Gasteiger partial charge on any atom is 0.232 e. The van der Waals surface area contributed by atoms with Gasteiger partial charge in [0.2, 0.25) is 5.91 Å². The Hall–Kier alpha value is -1.84. The zero-order valence-corrected chi connectivity index (χ0v) is 15.2. The summed E-state index contributed by atoms with van der Waals surface area (Å²) in [6.07, 6.45) is 1.68. The van der Waals surface area contributed by atoms with Gasteiger partial charge in [0, 0.05) is 12.1 Å². The molecule has 2 aromatic rings. The third kappa shape index (κ3) is 5.08. The number of halogens is 1. The van der Waals surface area contributed by atoms with Crippen LogP contribution < -0.4 is 11.1 Å². The van der Waals surface area contributed by atoms with E-state index in [0.29, 0.717) is 6.54 Å². The monoisotopic (exact) mass is 346 g/mol. The van der Waals surface area contributed by atoms with E-state index in [1.54, 1.807) is 0 Å². The van der Waals surface area contributed by atoms with Crippen LogP contribution in [0.25, 0.3) is 0 Å². The number of hydrogen-bond acceptors (Lipinski definition) is 2. The number of hydrogen-bond donors (Lipinski definition) is 2. The summed E-state index contributed by atoms with van der Waals surface area (Å²) in [5.41, 5.74) is 7.95.